The number of ether oxygens (including phenoxy) is 2. The molecule has 0 aromatic rings. The van der Waals surface area contributed by atoms with E-state index in [1.165, 1.54) is 0 Å². The highest BCUT2D eigenvalue weighted by atomic mass is 19.4. The Morgan fingerprint density at radius 3 is 1.79 bits per heavy atom. The van der Waals surface area contributed by atoms with Gasteiger partial charge >= 0.3 is 18.3 Å². The zero-order valence-corrected chi connectivity index (χ0v) is 7.19. The van der Waals surface area contributed by atoms with E-state index in [0.717, 1.165) is 0 Å². The zero-order valence-electron chi connectivity index (χ0n) is 7.19. The normalized spacial score (nSPS) is 15.1. The molecule has 14 heavy (non-hydrogen) atoms. The van der Waals surface area contributed by atoms with Gasteiger partial charge in [0.2, 0.25) is 5.92 Å². The van der Waals surface area contributed by atoms with Crippen molar-refractivity contribution in [2.24, 2.45) is 5.92 Å². The lowest BCUT2D eigenvalue weighted by Crippen LogP contribution is -2.46. The van der Waals surface area contributed by atoms with E-state index in [0.29, 0.717) is 14.2 Å². The van der Waals surface area contributed by atoms with Gasteiger partial charge in [0.15, 0.2) is 0 Å². The van der Waals surface area contributed by atoms with Crippen LogP contribution in [0.15, 0.2) is 0 Å². The minimum atomic E-state index is -5.42. The van der Waals surface area contributed by atoms with Crippen LogP contribution in [0.4, 0.5) is 22.0 Å². The Balaban J connectivity index is 5.02. The molecule has 0 heterocycles. The zero-order chi connectivity index (χ0) is 11.6. The number of halogens is 5. The molecule has 0 amide bonds. The molecular formula is C6H7F5O3. The summed E-state index contributed by atoms with van der Waals surface area (Å²) < 4.78 is 67.9. The van der Waals surface area contributed by atoms with Crippen molar-refractivity contribution in [2.45, 2.75) is 12.3 Å². The molecule has 0 radical (unpaired) electrons. The molecule has 0 aliphatic carbocycles. The highest BCUT2D eigenvalue weighted by Gasteiger charge is 2.61. The van der Waals surface area contributed by atoms with Crippen LogP contribution in [-0.4, -0.2) is 32.5 Å². The lowest BCUT2D eigenvalue weighted by atomic mass is 10.1. The summed E-state index contributed by atoms with van der Waals surface area (Å²) in [4.78, 5) is 10.5. The molecule has 0 saturated heterocycles. The first kappa shape index (κ1) is 13.1. The van der Waals surface area contributed by atoms with Crippen molar-refractivity contribution in [3.05, 3.63) is 0 Å². The first-order chi connectivity index (χ1) is 6.16. The lowest BCUT2D eigenvalue weighted by molar-refractivity contribution is -0.320. The molecule has 0 aliphatic rings. The number of methoxy groups -OCH3 is 2. The number of hydrogen-bond donors (Lipinski definition) is 0. The number of alkyl halides is 5. The molecule has 0 fully saturated rings. The predicted octanol–water partition coefficient (Wildman–Crippen LogP) is 1.58. The fourth-order valence-electron chi connectivity index (χ4n) is 0.697. The van der Waals surface area contributed by atoms with Crippen molar-refractivity contribution in [2.75, 3.05) is 14.2 Å². The third-order valence-electron chi connectivity index (χ3n) is 1.37. The van der Waals surface area contributed by atoms with Gasteiger partial charge in [-0.1, -0.05) is 0 Å². The third kappa shape index (κ3) is 2.79. The van der Waals surface area contributed by atoms with E-state index < -0.39 is 24.2 Å². The standard InChI is InChI=1S/C6H7F5O3/c1-13-4(12)3(5(7,8)9)6(10,11)14-2/h3H,1-2H3. The number of carbonyl (C=O) groups excluding carboxylic acids is 1. The van der Waals surface area contributed by atoms with Crippen molar-refractivity contribution in [1.29, 1.82) is 0 Å². The number of carbonyl (C=O) groups is 1. The second kappa shape index (κ2) is 4.07. The summed E-state index contributed by atoms with van der Waals surface area (Å²) in [7, 11) is 0.939. The maximum absolute atomic E-state index is 12.5. The van der Waals surface area contributed by atoms with Crippen LogP contribution in [0.25, 0.3) is 0 Å². The van der Waals surface area contributed by atoms with Crippen molar-refractivity contribution < 1.29 is 36.2 Å². The molecule has 0 aromatic carbocycles. The van der Waals surface area contributed by atoms with E-state index in [4.69, 9.17) is 0 Å². The molecule has 0 bridgehead atoms. The number of rotatable bonds is 3. The maximum Gasteiger partial charge on any atom is 0.410 e. The summed E-state index contributed by atoms with van der Waals surface area (Å²) in [5.74, 6) is -5.70. The average molecular weight is 222 g/mol. The van der Waals surface area contributed by atoms with Crippen LogP contribution in [0.1, 0.15) is 0 Å². The molecule has 0 N–H and O–H groups in total. The van der Waals surface area contributed by atoms with Gasteiger partial charge in [-0.15, -0.1) is 0 Å². The Morgan fingerprint density at radius 2 is 1.57 bits per heavy atom. The van der Waals surface area contributed by atoms with Gasteiger partial charge < -0.3 is 9.47 Å². The van der Waals surface area contributed by atoms with Crippen LogP contribution in [0.2, 0.25) is 0 Å². The van der Waals surface area contributed by atoms with Crippen molar-refractivity contribution in [1.82, 2.24) is 0 Å². The van der Waals surface area contributed by atoms with E-state index in [9.17, 15) is 26.7 Å². The third-order valence-corrected chi connectivity index (χ3v) is 1.37. The van der Waals surface area contributed by atoms with E-state index in [2.05, 4.69) is 9.47 Å². The van der Waals surface area contributed by atoms with E-state index in [1.807, 2.05) is 0 Å². The van der Waals surface area contributed by atoms with Crippen LogP contribution in [-0.2, 0) is 14.3 Å². The molecule has 0 aromatic heterocycles. The minimum Gasteiger partial charge on any atom is -0.468 e. The number of hydrogen-bond acceptors (Lipinski definition) is 3. The summed E-state index contributed by atoms with van der Waals surface area (Å²) in [6.45, 7) is 0. The topological polar surface area (TPSA) is 35.5 Å². The number of esters is 1. The van der Waals surface area contributed by atoms with Crippen LogP contribution < -0.4 is 0 Å². The molecule has 0 saturated carbocycles. The highest BCUT2D eigenvalue weighted by molar-refractivity contribution is 5.74. The van der Waals surface area contributed by atoms with Crippen LogP contribution in [0, 0.1) is 5.92 Å². The van der Waals surface area contributed by atoms with E-state index in [-0.39, 0.29) is 0 Å². The Hall–Kier alpha value is -0.920. The van der Waals surface area contributed by atoms with Crippen LogP contribution in [0.5, 0.6) is 0 Å². The van der Waals surface area contributed by atoms with Gasteiger partial charge in [0.25, 0.3) is 0 Å². The second-order valence-electron chi connectivity index (χ2n) is 2.26. The van der Waals surface area contributed by atoms with Gasteiger partial charge in [0.05, 0.1) is 7.11 Å². The molecule has 1 atom stereocenters. The SMILES string of the molecule is COC(=O)C(C(F)(F)F)C(F)(F)OC. The molecule has 84 valence electrons. The van der Waals surface area contributed by atoms with Gasteiger partial charge in [-0.2, -0.15) is 22.0 Å². The van der Waals surface area contributed by atoms with E-state index >= 15 is 0 Å². The summed E-state index contributed by atoms with van der Waals surface area (Å²) in [5, 5.41) is 0. The lowest BCUT2D eigenvalue weighted by Gasteiger charge is -2.24. The molecule has 1 unspecified atom stereocenters. The van der Waals surface area contributed by atoms with Crippen LogP contribution >= 0.6 is 0 Å². The largest absolute Gasteiger partial charge is 0.468 e. The fraction of sp³-hybridized carbons (Fsp3) is 0.833. The van der Waals surface area contributed by atoms with Crippen molar-refractivity contribution in [3.63, 3.8) is 0 Å². The molecule has 0 aliphatic heterocycles. The fourth-order valence-corrected chi connectivity index (χ4v) is 0.697. The van der Waals surface area contributed by atoms with Gasteiger partial charge in [-0.25, -0.2) is 0 Å². The molecular weight excluding hydrogens is 215 g/mol. The first-order valence-corrected chi connectivity index (χ1v) is 3.24. The van der Waals surface area contributed by atoms with Gasteiger partial charge in [-0.05, 0) is 0 Å². The van der Waals surface area contributed by atoms with Gasteiger partial charge in [-0.3, -0.25) is 4.79 Å². The summed E-state index contributed by atoms with van der Waals surface area (Å²) in [6.07, 6.45) is -10.1. The van der Waals surface area contributed by atoms with Gasteiger partial charge in [0.1, 0.15) is 0 Å². The average Bonchev–Trinajstić information content (AvgIpc) is 2.01. The highest BCUT2D eigenvalue weighted by Crippen LogP contribution is 2.39. The molecule has 0 rings (SSSR count). The molecule has 0 spiro atoms. The Kier molecular flexibility index (Phi) is 3.81. The summed E-state index contributed by atoms with van der Waals surface area (Å²) in [6, 6.07) is 0. The first-order valence-electron chi connectivity index (χ1n) is 3.24. The van der Waals surface area contributed by atoms with Crippen LogP contribution in [0.3, 0.4) is 0 Å². The maximum atomic E-state index is 12.5. The predicted molar refractivity (Wildman–Crippen MR) is 33.5 cm³/mol. The Bertz CT molecular complexity index is 212. The summed E-state index contributed by atoms with van der Waals surface area (Å²) >= 11 is 0. The van der Waals surface area contributed by atoms with E-state index in [1.54, 1.807) is 0 Å². The minimum absolute atomic E-state index is 0.363. The summed E-state index contributed by atoms with van der Waals surface area (Å²) in [5.41, 5.74) is 0. The monoisotopic (exact) mass is 222 g/mol. The second-order valence-corrected chi connectivity index (χ2v) is 2.26. The van der Waals surface area contributed by atoms with Crippen molar-refractivity contribution >= 4 is 5.97 Å². The molecule has 8 heteroatoms. The smallest absolute Gasteiger partial charge is 0.410 e. The quantitative estimate of drug-likeness (QED) is 0.537. The van der Waals surface area contributed by atoms with Crippen molar-refractivity contribution in [3.8, 4) is 0 Å². The molecule has 3 nitrogen and oxygen atoms in total. The van der Waals surface area contributed by atoms with Gasteiger partial charge in [0, 0.05) is 7.11 Å². The Labute approximate surface area is 75.8 Å². The Morgan fingerprint density at radius 1 is 1.14 bits per heavy atom.